The molecular formula is C22H23FN2O. The van der Waals surface area contributed by atoms with Crippen LogP contribution >= 0.6 is 0 Å². The second kappa shape index (κ2) is 7.04. The average molecular weight is 350 g/mol. The minimum absolute atomic E-state index is 0.219. The highest BCUT2D eigenvalue weighted by atomic mass is 19.1. The summed E-state index contributed by atoms with van der Waals surface area (Å²) in [6, 6.07) is 15.2. The summed E-state index contributed by atoms with van der Waals surface area (Å²) in [6.45, 7) is 4.77. The lowest BCUT2D eigenvalue weighted by Crippen LogP contribution is -2.33. The van der Waals surface area contributed by atoms with Gasteiger partial charge in [-0.05, 0) is 67.4 Å². The molecule has 1 fully saturated rings. The molecule has 2 heterocycles. The van der Waals surface area contributed by atoms with Crippen LogP contribution in [0.2, 0.25) is 0 Å². The Morgan fingerprint density at radius 3 is 2.54 bits per heavy atom. The van der Waals surface area contributed by atoms with Crippen molar-refractivity contribution in [2.45, 2.75) is 32.2 Å². The monoisotopic (exact) mass is 350 g/mol. The molecule has 1 saturated heterocycles. The number of H-pyrrole nitrogens is 1. The Morgan fingerprint density at radius 2 is 1.81 bits per heavy atom. The smallest absolute Gasteiger partial charge is 0.256 e. The Labute approximate surface area is 152 Å². The van der Waals surface area contributed by atoms with E-state index in [0.29, 0.717) is 11.3 Å². The zero-order chi connectivity index (χ0) is 18.1. The fourth-order valence-corrected chi connectivity index (χ4v) is 4.06. The van der Waals surface area contributed by atoms with Gasteiger partial charge in [-0.3, -0.25) is 9.69 Å². The van der Waals surface area contributed by atoms with E-state index in [4.69, 9.17) is 0 Å². The highest BCUT2D eigenvalue weighted by Gasteiger charge is 2.22. The zero-order valence-corrected chi connectivity index (χ0v) is 15.0. The number of hydrogen-bond donors (Lipinski definition) is 1. The van der Waals surface area contributed by atoms with Crippen molar-refractivity contribution in [3.63, 3.8) is 0 Å². The largest absolute Gasteiger partial charge is 0.326 e. The van der Waals surface area contributed by atoms with Gasteiger partial charge in [0, 0.05) is 12.2 Å². The summed E-state index contributed by atoms with van der Waals surface area (Å²) in [5, 5.41) is 1.29. The van der Waals surface area contributed by atoms with Crippen LogP contribution in [0.4, 0.5) is 4.39 Å². The summed E-state index contributed by atoms with van der Waals surface area (Å²) in [7, 11) is 0. The van der Waals surface area contributed by atoms with Gasteiger partial charge in [0.25, 0.3) is 5.56 Å². The van der Waals surface area contributed by atoms with Gasteiger partial charge in [-0.2, -0.15) is 0 Å². The number of nitrogens with zero attached hydrogens (tertiary/aromatic N) is 1. The van der Waals surface area contributed by atoms with E-state index < -0.39 is 0 Å². The molecule has 1 N–H and O–H groups in total. The summed E-state index contributed by atoms with van der Waals surface area (Å²) in [4.78, 5) is 17.5. The molecule has 0 spiro atoms. The van der Waals surface area contributed by atoms with Gasteiger partial charge in [0.2, 0.25) is 0 Å². The third kappa shape index (κ3) is 3.29. The number of pyridine rings is 1. The van der Waals surface area contributed by atoms with Crippen molar-refractivity contribution >= 4 is 10.8 Å². The number of aromatic nitrogens is 1. The lowest BCUT2D eigenvalue weighted by Gasteiger charge is -2.32. The van der Waals surface area contributed by atoms with Gasteiger partial charge in [-0.25, -0.2) is 4.39 Å². The van der Waals surface area contributed by atoms with Gasteiger partial charge in [0.05, 0.1) is 5.39 Å². The third-order valence-corrected chi connectivity index (χ3v) is 5.55. The molecule has 3 aromatic rings. The molecule has 134 valence electrons. The van der Waals surface area contributed by atoms with E-state index in [1.54, 1.807) is 6.07 Å². The standard InChI is InChI=1S/C22H23FN2O/c1-15-21(19-8-7-18(23)13-20(19)22(26)24-15)14-25-11-9-17(10-12-25)16-5-3-2-4-6-16/h2-8,13,17H,9-12,14H2,1H3,(H,24,26). The van der Waals surface area contributed by atoms with Crippen LogP contribution in [0.25, 0.3) is 10.8 Å². The fraction of sp³-hybridized carbons (Fsp3) is 0.318. The number of halogens is 1. The molecule has 2 aromatic carbocycles. The van der Waals surface area contributed by atoms with Crippen molar-refractivity contribution in [3.8, 4) is 0 Å². The quantitative estimate of drug-likeness (QED) is 0.762. The van der Waals surface area contributed by atoms with Crippen molar-refractivity contribution < 1.29 is 4.39 Å². The molecule has 0 bridgehead atoms. The lowest BCUT2D eigenvalue weighted by atomic mass is 9.89. The van der Waals surface area contributed by atoms with Gasteiger partial charge in [0.15, 0.2) is 0 Å². The molecule has 1 aromatic heterocycles. The molecule has 1 aliphatic heterocycles. The molecule has 0 aliphatic carbocycles. The van der Waals surface area contributed by atoms with Crippen molar-refractivity contribution in [2.24, 2.45) is 0 Å². The van der Waals surface area contributed by atoms with E-state index >= 15 is 0 Å². The number of rotatable bonds is 3. The first-order valence-electron chi connectivity index (χ1n) is 9.20. The van der Waals surface area contributed by atoms with Crippen LogP contribution in [0.15, 0.2) is 53.3 Å². The highest BCUT2D eigenvalue weighted by Crippen LogP contribution is 2.29. The second-order valence-corrected chi connectivity index (χ2v) is 7.21. The average Bonchev–Trinajstić information content (AvgIpc) is 2.66. The number of fused-ring (bicyclic) bond motifs is 1. The molecule has 0 atom stereocenters. The maximum Gasteiger partial charge on any atom is 0.256 e. The molecule has 3 nitrogen and oxygen atoms in total. The summed E-state index contributed by atoms with van der Waals surface area (Å²) >= 11 is 0. The molecule has 0 radical (unpaired) electrons. The van der Waals surface area contributed by atoms with Gasteiger partial charge in [-0.15, -0.1) is 0 Å². The molecule has 4 heteroatoms. The van der Waals surface area contributed by atoms with Crippen molar-refractivity contribution in [3.05, 3.63) is 81.5 Å². The van der Waals surface area contributed by atoms with Gasteiger partial charge in [-0.1, -0.05) is 36.4 Å². The van der Waals surface area contributed by atoms with Crippen LogP contribution in [0, 0.1) is 12.7 Å². The van der Waals surface area contributed by atoms with Crippen LogP contribution in [-0.4, -0.2) is 23.0 Å². The Morgan fingerprint density at radius 1 is 1.08 bits per heavy atom. The van der Waals surface area contributed by atoms with E-state index in [0.717, 1.165) is 49.1 Å². The molecule has 0 amide bonds. The van der Waals surface area contributed by atoms with Gasteiger partial charge in [0.1, 0.15) is 5.82 Å². The van der Waals surface area contributed by atoms with E-state index in [9.17, 15) is 9.18 Å². The highest BCUT2D eigenvalue weighted by molar-refractivity contribution is 5.85. The molecule has 1 aliphatic rings. The maximum atomic E-state index is 13.5. The number of nitrogens with one attached hydrogen (secondary N) is 1. The molecule has 4 rings (SSSR count). The zero-order valence-electron chi connectivity index (χ0n) is 15.0. The van der Waals surface area contributed by atoms with Crippen LogP contribution < -0.4 is 5.56 Å². The fourth-order valence-electron chi connectivity index (χ4n) is 4.06. The minimum Gasteiger partial charge on any atom is -0.326 e. The van der Waals surface area contributed by atoms with Crippen molar-refractivity contribution in [1.82, 2.24) is 9.88 Å². The summed E-state index contributed by atoms with van der Waals surface area (Å²) in [5.41, 5.74) is 3.17. The van der Waals surface area contributed by atoms with Crippen molar-refractivity contribution in [2.75, 3.05) is 13.1 Å². The summed E-state index contributed by atoms with van der Waals surface area (Å²) in [5.74, 6) is 0.247. The van der Waals surface area contributed by atoms with Crippen LogP contribution in [0.5, 0.6) is 0 Å². The Kier molecular flexibility index (Phi) is 4.60. The van der Waals surface area contributed by atoms with Crippen LogP contribution in [0.3, 0.4) is 0 Å². The lowest BCUT2D eigenvalue weighted by molar-refractivity contribution is 0.205. The predicted molar refractivity (Wildman–Crippen MR) is 103 cm³/mol. The van der Waals surface area contributed by atoms with E-state index in [1.165, 1.54) is 17.7 Å². The first-order chi connectivity index (χ1) is 12.6. The van der Waals surface area contributed by atoms with E-state index in [2.05, 4.69) is 40.2 Å². The first-order valence-corrected chi connectivity index (χ1v) is 9.20. The third-order valence-electron chi connectivity index (χ3n) is 5.55. The predicted octanol–water partition coefficient (Wildman–Crippen LogP) is 4.36. The number of aromatic amines is 1. The van der Waals surface area contributed by atoms with E-state index in [-0.39, 0.29) is 11.4 Å². The van der Waals surface area contributed by atoms with E-state index in [1.807, 2.05) is 6.92 Å². The van der Waals surface area contributed by atoms with Crippen LogP contribution in [0.1, 0.15) is 35.6 Å². The molecule has 26 heavy (non-hydrogen) atoms. The van der Waals surface area contributed by atoms with Gasteiger partial charge < -0.3 is 4.98 Å². The molecule has 0 unspecified atom stereocenters. The molecule has 0 saturated carbocycles. The Bertz CT molecular complexity index is 973. The normalized spacial score (nSPS) is 16.2. The topological polar surface area (TPSA) is 36.1 Å². The number of benzene rings is 2. The molecular weight excluding hydrogens is 327 g/mol. The van der Waals surface area contributed by atoms with Crippen LogP contribution in [-0.2, 0) is 6.54 Å². The SMILES string of the molecule is Cc1[nH]c(=O)c2cc(F)ccc2c1CN1CCC(c2ccccc2)CC1. The number of aryl methyl sites for hydroxylation is 1. The van der Waals surface area contributed by atoms with Crippen molar-refractivity contribution in [1.29, 1.82) is 0 Å². The maximum absolute atomic E-state index is 13.5. The Balaban J connectivity index is 1.55. The number of hydrogen-bond acceptors (Lipinski definition) is 2. The summed E-state index contributed by atoms with van der Waals surface area (Å²) < 4.78 is 13.5. The van der Waals surface area contributed by atoms with Gasteiger partial charge >= 0.3 is 0 Å². The minimum atomic E-state index is -0.374. The number of likely N-dealkylation sites (tertiary alicyclic amines) is 1. The summed E-state index contributed by atoms with van der Waals surface area (Å²) in [6.07, 6.45) is 2.28. The number of piperidine rings is 1. The Hall–Kier alpha value is -2.46. The first kappa shape index (κ1) is 17.0. The second-order valence-electron chi connectivity index (χ2n) is 7.21.